The van der Waals surface area contributed by atoms with E-state index in [9.17, 15) is 0 Å². The molecule has 1 aromatic carbocycles. The molecule has 1 saturated carbocycles. The van der Waals surface area contributed by atoms with Crippen LogP contribution in [0.4, 0.5) is 0 Å². The average Bonchev–Trinajstić information content (AvgIpc) is 3.47. The lowest BCUT2D eigenvalue weighted by molar-refractivity contribution is 0.123. The van der Waals surface area contributed by atoms with E-state index in [2.05, 4.69) is 22.5 Å². The summed E-state index contributed by atoms with van der Waals surface area (Å²) in [7, 11) is 1.65. The van der Waals surface area contributed by atoms with Crippen LogP contribution in [0.3, 0.4) is 0 Å². The summed E-state index contributed by atoms with van der Waals surface area (Å²) in [5.74, 6) is 3.22. The molecule has 0 aromatic heterocycles. The third-order valence-corrected chi connectivity index (χ3v) is 4.04. The Bertz CT molecular complexity index is 547. The van der Waals surface area contributed by atoms with Gasteiger partial charge in [0.1, 0.15) is 17.6 Å². The van der Waals surface area contributed by atoms with Gasteiger partial charge in [-0.05, 0) is 51.2 Å². The first-order valence-corrected chi connectivity index (χ1v) is 9.62. The SMILES string of the molecule is CCNC(=NCC(C)Oc1cccc(OC)c1)NCCCOCC1CC1. The Hall–Kier alpha value is -1.95. The first kappa shape index (κ1) is 20.4. The van der Waals surface area contributed by atoms with Crippen LogP contribution in [0.2, 0.25) is 0 Å². The molecule has 2 N–H and O–H groups in total. The summed E-state index contributed by atoms with van der Waals surface area (Å²) in [5.41, 5.74) is 0. The van der Waals surface area contributed by atoms with Gasteiger partial charge in [0.25, 0.3) is 0 Å². The Balaban J connectivity index is 1.68. The van der Waals surface area contributed by atoms with E-state index in [-0.39, 0.29) is 6.10 Å². The van der Waals surface area contributed by atoms with Crippen LogP contribution in [0.15, 0.2) is 29.3 Å². The molecule has 6 nitrogen and oxygen atoms in total. The lowest BCUT2D eigenvalue weighted by atomic mass is 10.3. The van der Waals surface area contributed by atoms with Gasteiger partial charge in [0, 0.05) is 32.4 Å². The van der Waals surface area contributed by atoms with Gasteiger partial charge in [0.2, 0.25) is 0 Å². The summed E-state index contributed by atoms with van der Waals surface area (Å²) in [6.07, 6.45) is 3.63. The van der Waals surface area contributed by atoms with Gasteiger partial charge in [-0.2, -0.15) is 0 Å². The van der Waals surface area contributed by atoms with Crippen molar-refractivity contribution in [1.29, 1.82) is 0 Å². The van der Waals surface area contributed by atoms with Gasteiger partial charge in [0.05, 0.1) is 13.7 Å². The number of hydrogen-bond acceptors (Lipinski definition) is 4. The van der Waals surface area contributed by atoms with Crippen molar-refractivity contribution in [2.45, 2.75) is 39.2 Å². The van der Waals surface area contributed by atoms with Gasteiger partial charge in [0.15, 0.2) is 5.96 Å². The molecule has 0 saturated heterocycles. The molecule has 6 heteroatoms. The van der Waals surface area contributed by atoms with Crippen LogP contribution < -0.4 is 20.1 Å². The van der Waals surface area contributed by atoms with Gasteiger partial charge < -0.3 is 24.8 Å². The van der Waals surface area contributed by atoms with Crippen molar-refractivity contribution in [1.82, 2.24) is 10.6 Å². The molecule has 1 aromatic rings. The fourth-order valence-corrected chi connectivity index (χ4v) is 2.42. The molecule has 1 atom stereocenters. The predicted molar refractivity (Wildman–Crippen MR) is 105 cm³/mol. The van der Waals surface area contributed by atoms with Gasteiger partial charge in [-0.3, -0.25) is 0 Å². The molecule has 0 heterocycles. The zero-order valence-electron chi connectivity index (χ0n) is 16.3. The molecule has 2 rings (SSSR count). The zero-order chi connectivity index (χ0) is 18.6. The molecule has 26 heavy (non-hydrogen) atoms. The van der Waals surface area contributed by atoms with Crippen LogP contribution in [-0.2, 0) is 4.74 Å². The number of nitrogens with one attached hydrogen (secondary N) is 2. The molecule has 1 unspecified atom stereocenters. The molecule has 0 radical (unpaired) electrons. The summed E-state index contributed by atoms with van der Waals surface area (Å²) >= 11 is 0. The van der Waals surface area contributed by atoms with Crippen molar-refractivity contribution >= 4 is 5.96 Å². The molecule has 146 valence electrons. The van der Waals surface area contributed by atoms with E-state index in [0.29, 0.717) is 6.54 Å². The highest BCUT2D eigenvalue weighted by Crippen LogP contribution is 2.28. The van der Waals surface area contributed by atoms with Gasteiger partial charge in [-0.1, -0.05) is 6.07 Å². The highest BCUT2D eigenvalue weighted by atomic mass is 16.5. The van der Waals surface area contributed by atoms with Gasteiger partial charge >= 0.3 is 0 Å². The average molecular weight is 364 g/mol. The quantitative estimate of drug-likeness (QED) is 0.340. The van der Waals surface area contributed by atoms with Crippen LogP contribution in [0.25, 0.3) is 0 Å². The van der Waals surface area contributed by atoms with Gasteiger partial charge in [-0.25, -0.2) is 4.99 Å². The van der Waals surface area contributed by atoms with Crippen molar-refractivity contribution < 1.29 is 14.2 Å². The highest BCUT2D eigenvalue weighted by molar-refractivity contribution is 5.79. The number of nitrogens with zero attached hydrogens (tertiary/aromatic N) is 1. The van der Waals surface area contributed by atoms with Crippen LogP contribution in [0.5, 0.6) is 11.5 Å². The summed E-state index contributed by atoms with van der Waals surface area (Å²) in [6, 6.07) is 7.62. The lowest BCUT2D eigenvalue weighted by Crippen LogP contribution is -2.38. The Morgan fingerprint density at radius 3 is 2.81 bits per heavy atom. The van der Waals surface area contributed by atoms with Crippen LogP contribution in [0.1, 0.15) is 33.1 Å². The fraction of sp³-hybridized carbons (Fsp3) is 0.650. The Morgan fingerprint density at radius 2 is 2.08 bits per heavy atom. The molecule has 0 amide bonds. The van der Waals surface area contributed by atoms with E-state index < -0.39 is 0 Å². The fourth-order valence-electron chi connectivity index (χ4n) is 2.42. The summed E-state index contributed by atoms with van der Waals surface area (Å²) < 4.78 is 16.8. The summed E-state index contributed by atoms with van der Waals surface area (Å²) in [6.45, 7) is 8.05. The van der Waals surface area contributed by atoms with Crippen LogP contribution in [-0.4, -0.2) is 52.0 Å². The number of aliphatic imine (C=N–C) groups is 1. The van der Waals surface area contributed by atoms with E-state index in [1.165, 1.54) is 12.8 Å². The van der Waals surface area contributed by atoms with E-state index in [1.807, 2.05) is 31.2 Å². The lowest BCUT2D eigenvalue weighted by Gasteiger charge is -2.15. The smallest absolute Gasteiger partial charge is 0.191 e. The Kier molecular flexibility index (Phi) is 9.10. The molecule has 0 spiro atoms. The maximum Gasteiger partial charge on any atom is 0.191 e. The molecular weight excluding hydrogens is 330 g/mol. The first-order valence-electron chi connectivity index (χ1n) is 9.62. The van der Waals surface area contributed by atoms with Crippen molar-refractivity contribution in [3.05, 3.63) is 24.3 Å². The second kappa shape index (κ2) is 11.6. The first-order chi connectivity index (χ1) is 12.7. The maximum absolute atomic E-state index is 5.91. The van der Waals surface area contributed by atoms with Crippen molar-refractivity contribution in [2.75, 3.05) is 40.0 Å². The topological polar surface area (TPSA) is 64.1 Å². The molecule has 1 aliphatic rings. The normalized spacial score (nSPS) is 15.4. The monoisotopic (exact) mass is 363 g/mol. The predicted octanol–water partition coefficient (Wildman–Crippen LogP) is 2.83. The van der Waals surface area contributed by atoms with Crippen LogP contribution >= 0.6 is 0 Å². The third kappa shape index (κ3) is 8.43. The number of rotatable bonds is 12. The second-order valence-electron chi connectivity index (χ2n) is 6.63. The summed E-state index contributed by atoms with van der Waals surface area (Å²) in [4.78, 5) is 4.61. The van der Waals surface area contributed by atoms with E-state index >= 15 is 0 Å². The van der Waals surface area contributed by atoms with E-state index in [0.717, 1.165) is 56.1 Å². The minimum Gasteiger partial charge on any atom is -0.497 e. The number of methoxy groups -OCH3 is 1. The number of ether oxygens (including phenoxy) is 3. The Morgan fingerprint density at radius 1 is 1.27 bits per heavy atom. The van der Waals surface area contributed by atoms with E-state index in [1.54, 1.807) is 7.11 Å². The zero-order valence-corrected chi connectivity index (χ0v) is 16.3. The van der Waals surface area contributed by atoms with E-state index in [4.69, 9.17) is 14.2 Å². The number of benzene rings is 1. The van der Waals surface area contributed by atoms with Crippen molar-refractivity contribution in [3.63, 3.8) is 0 Å². The van der Waals surface area contributed by atoms with Crippen molar-refractivity contribution in [3.8, 4) is 11.5 Å². The number of guanidine groups is 1. The number of hydrogen-bond donors (Lipinski definition) is 2. The largest absolute Gasteiger partial charge is 0.497 e. The molecule has 0 bridgehead atoms. The molecule has 0 aliphatic heterocycles. The summed E-state index contributed by atoms with van der Waals surface area (Å²) in [5, 5.41) is 6.61. The molecule has 1 aliphatic carbocycles. The minimum atomic E-state index is -0.0283. The molecule has 1 fully saturated rings. The minimum absolute atomic E-state index is 0.0283. The second-order valence-corrected chi connectivity index (χ2v) is 6.63. The standard InChI is InChI=1S/C20H33N3O3/c1-4-21-20(22-11-6-12-25-15-17-9-10-17)23-14-16(2)26-19-8-5-7-18(13-19)24-3/h5,7-8,13,16-17H,4,6,9-12,14-15H2,1-3H3,(H2,21,22,23). The Labute approximate surface area is 157 Å². The maximum atomic E-state index is 5.91. The third-order valence-electron chi connectivity index (χ3n) is 4.04. The van der Waals surface area contributed by atoms with Crippen molar-refractivity contribution in [2.24, 2.45) is 10.9 Å². The highest BCUT2D eigenvalue weighted by Gasteiger charge is 2.20. The van der Waals surface area contributed by atoms with Gasteiger partial charge in [-0.15, -0.1) is 0 Å². The molecular formula is C20H33N3O3. The van der Waals surface area contributed by atoms with Crippen LogP contribution in [0, 0.1) is 5.92 Å².